The number of rotatable bonds is 10. The van der Waals surface area contributed by atoms with Crippen LogP contribution in [0.2, 0.25) is 0 Å². The van der Waals surface area contributed by atoms with Crippen LogP contribution in [0.1, 0.15) is 33.1 Å². The number of carbonyl (C=O) groups is 1. The molecule has 0 amide bonds. The highest BCUT2D eigenvalue weighted by Crippen LogP contribution is 2.51. The van der Waals surface area contributed by atoms with Gasteiger partial charge >= 0.3 is 32.5 Å². The van der Waals surface area contributed by atoms with Crippen LogP contribution in [-0.2, 0) is 29.7 Å². The number of nitrogens with zero attached hydrogens (tertiary/aromatic N) is 1. The first-order valence-electron chi connectivity index (χ1n) is 9.31. The van der Waals surface area contributed by atoms with E-state index >= 15 is 0 Å². The average Bonchev–Trinajstić information content (AvgIpc) is 2.72. The molecule has 0 aromatic heterocycles. The molecule has 2 N–H and O–H groups in total. The Kier molecular flexibility index (Phi) is 8.68. The average molecular weight is 535 g/mol. The van der Waals surface area contributed by atoms with Crippen LogP contribution in [0.4, 0.5) is 26.3 Å². The fraction of sp³-hybridized carbons (Fsp3) is 0.812. The van der Waals surface area contributed by atoms with Crippen LogP contribution in [0.15, 0.2) is 12.3 Å². The summed E-state index contributed by atoms with van der Waals surface area (Å²) in [6.07, 6.45) is 1.95. The second kappa shape index (κ2) is 9.67. The van der Waals surface area contributed by atoms with E-state index in [-0.39, 0.29) is 23.6 Å². The highest BCUT2D eigenvalue weighted by atomic mass is 32.2. The molecule has 0 spiro atoms. The van der Waals surface area contributed by atoms with Crippen LogP contribution in [0.3, 0.4) is 0 Å². The lowest BCUT2D eigenvalue weighted by atomic mass is 9.89. The molecule has 1 fully saturated rings. The molecule has 9 nitrogen and oxygen atoms in total. The molecule has 1 aliphatic rings. The van der Waals surface area contributed by atoms with E-state index in [1.165, 1.54) is 13.0 Å². The minimum absolute atomic E-state index is 0.197. The van der Waals surface area contributed by atoms with Gasteiger partial charge in [-0.2, -0.15) is 39.1 Å². The Bertz CT molecular complexity index is 955. The van der Waals surface area contributed by atoms with Gasteiger partial charge in [0.15, 0.2) is 0 Å². The Balaban J connectivity index is 2.94. The highest BCUT2D eigenvalue weighted by Gasteiger charge is 2.82. The van der Waals surface area contributed by atoms with Crippen molar-refractivity contribution in [3.05, 3.63) is 12.3 Å². The topological polar surface area (TPSA) is 138 Å². The van der Waals surface area contributed by atoms with Crippen LogP contribution < -0.4 is 0 Å². The molecule has 1 atom stereocenters. The van der Waals surface area contributed by atoms with Gasteiger partial charge in [0.1, 0.15) is 0 Å². The molecule has 1 aliphatic heterocycles. The zero-order valence-electron chi connectivity index (χ0n) is 17.4. The molecule has 1 saturated heterocycles. The van der Waals surface area contributed by atoms with E-state index in [0.29, 0.717) is 0 Å². The molecule has 0 aromatic carbocycles. The monoisotopic (exact) mass is 535 g/mol. The third-order valence-corrected chi connectivity index (χ3v) is 8.22. The summed E-state index contributed by atoms with van der Waals surface area (Å²) >= 11 is 0. The fourth-order valence-corrected chi connectivity index (χ4v) is 4.62. The maximum absolute atomic E-state index is 14.0. The van der Waals surface area contributed by atoms with Gasteiger partial charge in [-0.1, -0.05) is 6.92 Å². The zero-order valence-corrected chi connectivity index (χ0v) is 19.0. The zero-order chi connectivity index (χ0) is 26.1. The summed E-state index contributed by atoms with van der Waals surface area (Å²) in [5.74, 6) is -8.33. The molecule has 1 rings (SSSR count). The van der Waals surface area contributed by atoms with Gasteiger partial charge in [-0.3, -0.25) is 9.35 Å². The summed E-state index contributed by atoms with van der Waals surface area (Å²) in [6, 6.07) is 0. The fourth-order valence-electron chi connectivity index (χ4n) is 2.64. The van der Waals surface area contributed by atoms with Crippen molar-refractivity contribution in [1.29, 1.82) is 0 Å². The van der Waals surface area contributed by atoms with Crippen molar-refractivity contribution in [3.8, 4) is 0 Å². The number of carbonyl (C=O) groups excluding carboxylic acids is 1. The van der Waals surface area contributed by atoms with E-state index in [1.807, 2.05) is 0 Å². The van der Waals surface area contributed by atoms with Gasteiger partial charge in [0.2, 0.25) is 0 Å². The number of ether oxygens (including phenoxy) is 1. The Morgan fingerprint density at radius 2 is 1.55 bits per heavy atom. The van der Waals surface area contributed by atoms with Crippen molar-refractivity contribution in [2.45, 2.75) is 49.5 Å². The molecule has 1 unspecified atom stereocenters. The summed E-state index contributed by atoms with van der Waals surface area (Å²) in [6.45, 7) is 0.924. The second-order valence-electron chi connectivity index (χ2n) is 7.63. The number of hydrogen-bond donors (Lipinski definition) is 2. The summed E-state index contributed by atoms with van der Waals surface area (Å²) in [4.78, 5) is 11.9. The van der Waals surface area contributed by atoms with Crippen molar-refractivity contribution >= 4 is 26.1 Å². The SMILES string of the molecule is CCC(C)(CO)C(=O)OC=CC1CCN(S(=O)(=O)C(F)(F)C(F)(F)C(F)(F)S(=O)(=O)O)CC1. The summed E-state index contributed by atoms with van der Waals surface area (Å²) in [5.41, 5.74) is -1.18. The van der Waals surface area contributed by atoms with E-state index in [0.717, 1.165) is 6.26 Å². The van der Waals surface area contributed by atoms with Crippen LogP contribution in [0, 0.1) is 11.3 Å². The Hall–Kier alpha value is -1.43. The van der Waals surface area contributed by atoms with Crippen molar-refractivity contribution in [2.24, 2.45) is 11.3 Å². The lowest BCUT2D eigenvalue weighted by Crippen LogP contribution is -2.63. The molecular formula is C16H23F6NO8S2. The van der Waals surface area contributed by atoms with Gasteiger partial charge in [0.25, 0.3) is 10.0 Å². The second-order valence-corrected chi connectivity index (χ2v) is 11.1. The van der Waals surface area contributed by atoms with Crippen molar-refractivity contribution in [2.75, 3.05) is 19.7 Å². The Morgan fingerprint density at radius 3 is 1.94 bits per heavy atom. The van der Waals surface area contributed by atoms with E-state index in [4.69, 9.17) is 9.29 Å². The third kappa shape index (κ3) is 5.31. The van der Waals surface area contributed by atoms with Gasteiger partial charge in [-0.05, 0) is 38.2 Å². The predicted molar refractivity (Wildman–Crippen MR) is 100 cm³/mol. The lowest BCUT2D eigenvalue weighted by molar-refractivity contribution is -0.246. The minimum atomic E-state index is -7.09. The van der Waals surface area contributed by atoms with Gasteiger partial charge < -0.3 is 9.84 Å². The van der Waals surface area contributed by atoms with Crippen LogP contribution >= 0.6 is 0 Å². The number of aliphatic hydroxyl groups is 1. The largest absolute Gasteiger partial charge is 0.439 e. The Morgan fingerprint density at radius 1 is 1.06 bits per heavy atom. The molecule has 0 aromatic rings. The molecule has 0 radical (unpaired) electrons. The first-order valence-corrected chi connectivity index (χ1v) is 12.2. The van der Waals surface area contributed by atoms with Gasteiger partial charge in [-0.25, -0.2) is 8.42 Å². The molecule has 0 aliphatic carbocycles. The smallest absolute Gasteiger partial charge is 0.434 e. The minimum Gasteiger partial charge on any atom is -0.434 e. The van der Waals surface area contributed by atoms with Gasteiger partial charge in [-0.15, -0.1) is 0 Å². The molecule has 0 bridgehead atoms. The maximum atomic E-state index is 14.0. The summed E-state index contributed by atoms with van der Waals surface area (Å²) in [5, 5.41) is -4.13. The normalized spacial score (nSPS) is 20.1. The van der Waals surface area contributed by atoms with Crippen LogP contribution in [-0.4, -0.2) is 72.9 Å². The van der Waals surface area contributed by atoms with Crippen molar-refractivity contribution in [3.63, 3.8) is 0 Å². The van der Waals surface area contributed by atoms with E-state index in [2.05, 4.69) is 0 Å². The quantitative estimate of drug-likeness (QED) is 0.188. The number of alkyl halides is 6. The van der Waals surface area contributed by atoms with E-state index in [1.54, 1.807) is 6.92 Å². The number of sulfonamides is 1. The first-order chi connectivity index (χ1) is 14.7. The predicted octanol–water partition coefficient (Wildman–Crippen LogP) is 2.20. The molecule has 33 heavy (non-hydrogen) atoms. The molecule has 0 saturated carbocycles. The number of hydrogen-bond acceptors (Lipinski definition) is 7. The number of piperidine rings is 1. The number of halogens is 6. The lowest BCUT2D eigenvalue weighted by Gasteiger charge is -2.36. The van der Waals surface area contributed by atoms with E-state index < -0.39 is 73.6 Å². The summed E-state index contributed by atoms with van der Waals surface area (Å²) in [7, 11) is -13.6. The molecule has 194 valence electrons. The van der Waals surface area contributed by atoms with Crippen molar-refractivity contribution in [1.82, 2.24) is 4.31 Å². The first kappa shape index (κ1) is 29.6. The van der Waals surface area contributed by atoms with Crippen LogP contribution in [0.5, 0.6) is 0 Å². The highest BCUT2D eigenvalue weighted by molar-refractivity contribution is 7.90. The molecular weight excluding hydrogens is 512 g/mol. The summed E-state index contributed by atoms with van der Waals surface area (Å²) < 4.78 is 140. The van der Waals surface area contributed by atoms with Gasteiger partial charge in [0, 0.05) is 13.1 Å². The number of aliphatic hydroxyl groups excluding tert-OH is 1. The molecule has 1 heterocycles. The van der Waals surface area contributed by atoms with Crippen LogP contribution in [0.25, 0.3) is 0 Å². The van der Waals surface area contributed by atoms with Gasteiger partial charge in [0.05, 0.1) is 18.3 Å². The standard InChI is InChI=1S/C16H23F6NO8S2/c1-3-13(2,10-24)12(25)31-9-6-11-4-7-23(8-5-11)32(26,27)15(19,20)14(17,18)16(21,22)33(28,29)30/h6,9,11,24H,3-5,7-8,10H2,1-2H3,(H,28,29,30). The third-order valence-electron chi connectivity index (χ3n) is 5.37. The Labute approximate surface area is 186 Å². The molecule has 17 heteroatoms. The number of allylic oxidation sites excluding steroid dienone is 1. The van der Waals surface area contributed by atoms with Crippen molar-refractivity contribution < 1.29 is 62.4 Å². The maximum Gasteiger partial charge on any atom is 0.439 e. The van der Waals surface area contributed by atoms with E-state index in [9.17, 15) is 53.1 Å². The number of esters is 1.